The number of ketones is 1. The Morgan fingerprint density at radius 3 is 2.38 bits per heavy atom. The Morgan fingerprint density at radius 1 is 0.966 bits per heavy atom. The fourth-order valence-electron chi connectivity index (χ4n) is 3.26. The van der Waals surface area contributed by atoms with E-state index in [9.17, 15) is 19.2 Å². The summed E-state index contributed by atoms with van der Waals surface area (Å²) in [6.45, 7) is -0.293. The van der Waals surface area contributed by atoms with E-state index in [2.05, 4.69) is 0 Å². The van der Waals surface area contributed by atoms with Gasteiger partial charge >= 0.3 is 5.69 Å². The minimum Gasteiger partial charge on any atom is -0.295 e. The number of rotatable bonds is 4. The van der Waals surface area contributed by atoms with Crippen LogP contribution in [0, 0.1) is 0 Å². The average Bonchev–Trinajstić information content (AvgIpc) is 3.11. The lowest BCUT2D eigenvalue weighted by Gasteiger charge is -2.11. The lowest BCUT2D eigenvalue weighted by molar-refractivity contribution is -0.122. The molecule has 2 amide bonds. The fraction of sp³-hybridized carbons (Fsp3) is 0.143. The van der Waals surface area contributed by atoms with Crippen molar-refractivity contribution >= 4 is 45.8 Å². The van der Waals surface area contributed by atoms with Crippen molar-refractivity contribution in [2.24, 2.45) is 14.1 Å². The zero-order valence-electron chi connectivity index (χ0n) is 15.8. The smallest absolute Gasteiger partial charge is 0.295 e. The number of aryl methyl sites for hydroxylation is 2. The number of carbonyl (C=O) groups is 3. The maximum absolute atomic E-state index is 12.7. The van der Waals surface area contributed by atoms with Crippen LogP contribution in [0.25, 0.3) is 17.1 Å². The Labute approximate surface area is 170 Å². The second-order valence-electron chi connectivity index (χ2n) is 6.71. The van der Waals surface area contributed by atoms with Crippen molar-refractivity contribution in [3.8, 4) is 0 Å². The maximum Gasteiger partial charge on any atom is 0.328 e. The topological polar surface area (TPSA) is 81.4 Å². The van der Waals surface area contributed by atoms with Gasteiger partial charge in [-0.25, -0.2) is 4.79 Å². The molecule has 2 aromatic carbocycles. The first kappa shape index (κ1) is 18.9. The molecule has 1 aromatic heterocycles. The first-order valence-corrected chi connectivity index (χ1v) is 9.67. The number of Topliss-reactive ketones (excluding diaryl/α,β-unsaturated/α-hetero) is 1. The molecule has 29 heavy (non-hydrogen) atoms. The Bertz CT molecular complexity index is 1250. The normalized spacial score (nSPS) is 15.7. The van der Waals surface area contributed by atoms with Crippen LogP contribution in [0.15, 0.2) is 58.2 Å². The summed E-state index contributed by atoms with van der Waals surface area (Å²) in [5.74, 6) is -0.791. The molecule has 1 fully saturated rings. The Kier molecular flexibility index (Phi) is 4.71. The highest BCUT2D eigenvalue weighted by atomic mass is 32.2. The van der Waals surface area contributed by atoms with Crippen molar-refractivity contribution in [1.82, 2.24) is 14.0 Å². The van der Waals surface area contributed by atoms with Gasteiger partial charge in [-0.1, -0.05) is 36.4 Å². The summed E-state index contributed by atoms with van der Waals surface area (Å²) in [5, 5.41) is -0.473. The van der Waals surface area contributed by atoms with E-state index in [1.807, 2.05) is 0 Å². The molecule has 3 aromatic rings. The van der Waals surface area contributed by atoms with Gasteiger partial charge < -0.3 is 0 Å². The van der Waals surface area contributed by atoms with Gasteiger partial charge in [0.2, 0.25) is 0 Å². The van der Waals surface area contributed by atoms with Gasteiger partial charge in [-0.05, 0) is 35.5 Å². The van der Waals surface area contributed by atoms with Crippen molar-refractivity contribution in [2.45, 2.75) is 0 Å². The van der Waals surface area contributed by atoms with Gasteiger partial charge in [-0.2, -0.15) is 0 Å². The highest BCUT2D eigenvalue weighted by Crippen LogP contribution is 2.32. The molecule has 0 saturated carbocycles. The Morgan fingerprint density at radius 2 is 1.66 bits per heavy atom. The average molecular weight is 407 g/mol. The van der Waals surface area contributed by atoms with E-state index in [1.54, 1.807) is 73.3 Å². The van der Waals surface area contributed by atoms with Gasteiger partial charge in [0, 0.05) is 19.7 Å². The largest absolute Gasteiger partial charge is 0.328 e. The molecule has 4 rings (SSSR count). The number of fused-ring (bicyclic) bond motifs is 1. The molecule has 146 valence electrons. The molecule has 1 saturated heterocycles. The van der Waals surface area contributed by atoms with Crippen molar-refractivity contribution in [2.75, 3.05) is 6.54 Å². The number of carbonyl (C=O) groups excluding carboxylic acids is 3. The molecule has 0 aliphatic carbocycles. The zero-order chi connectivity index (χ0) is 20.7. The highest BCUT2D eigenvalue weighted by molar-refractivity contribution is 8.18. The minimum atomic E-state index is -0.494. The SMILES string of the molecule is Cn1c(=O)n(C)c2cc(C=C3SC(=O)N(CC(=O)c4ccccc4)C3=O)ccc21. The van der Waals surface area contributed by atoms with Crippen LogP contribution < -0.4 is 5.69 Å². The minimum absolute atomic E-state index is 0.142. The lowest BCUT2D eigenvalue weighted by Crippen LogP contribution is -2.33. The Hall–Kier alpha value is -3.39. The summed E-state index contributed by atoms with van der Waals surface area (Å²) in [6.07, 6.45) is 1.61. The first-order valence-electron chi connectivity index (χ1n) is 8.86. The summed E-state index contributed by atoms with van der Waals surface area (Å²) >= 11 is 0.804. The summed E-state index contributed by atoms with van der Waals surface area (Å²) in [4.78, 5) is 50.6. The third-order valence-electron chi connectivity index (χ3n) is 4.86. The van der Waals surface area contributed by atoms with Crippen molar-refractivity contribution in [3.63, 3.8) is 0 Å². The number of thioether (sulfide) groups is 1. The van der Waals surface area contributed by atoms with Gasteiger partial charge in [0.25, 0.3) is 11.1 Å². The summed E-state index contributed by atoms with van der Waals surface area (Å²) in [6, 6.07) is 13.9. The van der Waals surface area contributed by atoms with Crippen LogP contribution in [0.3, 0.4) is 0 Å². The molecule has 0 spiro atoms. The van der Waals surface area contributed by atoms with Crippen LogP contribution in [0.5, 0.6) is 0 Å². The summed E-state index contributed by atoms with van der Waals surface area (Å²) in [7, 11) is 3.37. The molecule has 1 aliphatic heterocycles. The monoisotopic (exact) mass is 407 g/mol. The number of imide groups is 1. The van der Waals surface area contributed by atoms with E-state index in [1.165, 1.54) is 4.57 Å². The molecule has 0 radical (unpaired) electrons. The molecule has 2 heterocycles. The molecule has 8 heteroatoms. The molecule has 1 aliphatic rings. The van der Waals surface area contributed by atoms with Crippen LogP contribution in [0.2, 0.25) is 0 Å². The van der Waals surface area contributed by atoms with E-state index in [0.29, 0.717) is 11.1 Å². The second kappa shape index (κ2) is 7.21. The quantitative estimate of drug-likeness (QED) is 0.491. The molecule has 7 nitrogen and oxygen atoms in total. The number of hydrogen-bond acceptors (Lipinski definition) is 5. The standard InChI is InChI=1S/C21H17N3O4S/c1-22-15-9-8-13(10-16(15)23(2)20(22)27)11-18-19(26)24(21(28)29-18)12-17(25)14-6-4-3-5-7-14/h3-11H,12H2,1-2H3. The highest BCUT2D eigenvalue weighted by Gasteiger charge is 2.36. The number of aromatic nitrogens is 2. The van der Waals surface area contributed by atoms with Gasteiger partial charge in [0.15, 0.2) is 5.78 Å². The van der Waals surface area contributed by atoms with Crippen LogP contribution in [0.4, 0.5) is 4.79 Å². The second-order valence-corrected chi connectivity index (χ2v) is 7.70. The number of amides is 2. The first-order chi connectivity index (χ1) is 13.9. The van der Waals surface area contributed by atoms with E-state index >= 15 is 0 Å². The van der Waals surface area contributed by atoms with Crippen molar-refractivity contribution < 1.29 is 14.4 Å². The number of nitrogens with zero attached hydrogens (tertiary/aromatic N) is 3. The van der Waals surface area contributed by atoms with Gasteiger partial charge in [0.05, 0.1) is 22.5 Å². The van der Waals surface area contributed by atoms with E-state index in [-0.39, 0.29) is 22.9 Å². The molecular formula is C21H17N3O4S. The third kappa shape index (κ3) is 3.31. The van der Waals surface area contributed by atoms with Gasteiger partial charge in [-0.15, -0.1) is 0 Å². The predicted molar refractivity (Wildman–Crippen MR) is 112 cm³/mol. The zero-order valence-corrected chi connectivity index (χ0v) is 16.6. The molecule has 0 bridgehead atoms. The fourth-order valence-corrected chi connectivity index (χ4v) is 4.10. The van der Waals surface area contributed by atoms with Gasteiger partial charge in [0.1, 0.15) is 0 Å². The number of hydrogen-bond donors (Lipinski definition) is 0. The predicted octanol–water partition coefficient (Wildman–Crippen LogP) is 2.80. The van der Waals surface area contributed by atoms with E-state index < -0.39 is 11.1 Å². The van der Waals surface area contributed by atoms with E-state index in [4.69, 9.17) is 0 Å². The van der Waals surface area contributed by atoms with Crippen LogP contribution in [-0.4, -0.2) is 37.5 Å². The third-order valence-corrected chi connectivity index (χ3v) is 5.77. The van der Waals surface area contributed by atoms with Crippen LogP contribution >= 0.6 is 11.8 Å². The van der Waals surface area contributed by atoms with Crippen LogP contribution in [-0.2, 0) is 18.9 Å². The lowest BCUT2D eigenvalue weighted by atomic mass is 10.1. The van der Waals surface area contributed by atoms with Crippen molar-refractivity contribution in [1.29, 1.82) is 0 Å². The summed E-state index contributed by atoms with van der Waals surface area (Å²) < 4.78 is 3.07. The maximum atomic E-state index is 12.7. The molecular weight excluding hydrogens is 390 g/mol. The van der Waals surface area contributed by atoms with Crippen LogP contribution in [0.1, 0.15) is 15.9 Å². The Balaban J connectivity index is 1.61. The number of benzene rings is 2. The van der Waals surface area contributed by atoms with Crippen molar-refractivity contribution in [3.05, 3.63) is 75.0 Å². The van der Waals surface area contributed by atoms with E-state index in [0.717, 1.165) is 27.7 Å². The summed E-state index contributed by atoms with van der Waals surface area (Å²) in [5.41, 5.74) is 2.50. The number of imidazole rings is 1. The van der Waals surface area contributed by atoms with Gasteiger partial charge in [-0.3, -0.25) is 28.4 Å². The molecule has 0 atom stereocenters. The molecule has 0 unspecified atom stereocenters. The molecule has 0 N–H and O–H groups in total.